The zero-order chi connectivity index (χ0) is 5.70. The fraction of sp³-hybridized carbons (Fsp3) is 0.250. The van der Waals surface area contributed by atoms with Crippen molar-refractivity contribution in [3.63, 3.8) is 0 Å². The minimum absolute atomic E-state index is 0. The zero-order valence-electron chi connectivity index (χ0n) is 4.26. The van der Waals surface area contributed by atoms with Crippen molar-refractivity contribution in [3.8, 4) is 0 Å². The van der Waals surface area contributed by atoms with E-state index in [0.717, 1.165) is 0 Å². The van der Waals surface area contributed by atoms with Crippen LogP contribution in [0.1, 0.15) is 0 Å². The monoisotopic (exact) mass is 120 g/mol. The Kier molecular flexibility index (Phi) is 7.51. The zero-order valence-corrected chi connectivity index (χ0v) is 4.26. The average Bonchev–Trinajstić information content (AvgIpc) is 1.61. The van der Waals surface area contributed by atoms with Crippen LogP contribution in [-0.4, -0.2) is 23.3 Å². The number of carbonyl (C=O) groups is 1. The van der Waals surface area contributed by atoms with Crippen molar-refractivity contribution in [2.75, 3.05) is 6.61 Å². The Labute approximate surface area is 46.7 Å². The summed E-state index contributed by atoms with van der Waals surface area (Å²) in [5.41, 5.74) is 0. The van der Waals surface area contributed by atoms with Gasteiger partial charge in [-0.3, -0.25) is 0 Å². The van der Waals surface area contributed by atoms with Gasteiger partial charge >= 0.3 is 6.16 Å². The molecule has 0 spiro atoms. The van der Waals surface area contributed by atoms with Crippen molar-refractivity contribution < 1.29 is 20.1 Å². The quantitative estimate of drug-likeness (QED) is 0.413. The van der Waals surface area contributed by atoms with Crippen molar-refractivity contribution in [2.45, 2.75) is 0 Å². The van der Waals surface area contributed by atoms with Gasteiger partial charge in [0.25, 0.3) is 0 Å². The summed E-state index contributed by atoms with van der Waals surface area (Å²) in [4.78, 5) is 9.49. The highest BCUT2D eigenvalue weighted by molar-refractivity contribution is 5.56. The molecule has 0 atom stereocenters. The standard InChI is InChI=1S/C4H6O3.H2O/c1-2-3-7-4(5)6;/h2H,1,3H2,(H,5,6);1H2. The first-order valence-corrected chi connectivity index (χ1v) is 1.74. The first-order chi connectivity index (χ1) is 3.27. The molecule has 0 radical (unpaired) electrons. The van der Waals surface area contributed by atoms with Crippen LogP contribution in [0.3, 0.4) is 0 Å². The molecule has 0 saturated heterocycles. The molecule has 0 bridgehead atoms. The van der Waals surface area contributed by atoms with Crippen LogP contribution in [0.5, 0.6) is 0 Å². The summed E-state index contributed by atoms with van der Waals surface area (Å²) >= 11 is 0. The third-order valence-corrected chi connectivity index (χ3v) is 0.325. The fourth-order valence-electron chi connectivity index (χ4n) is 0.130. The van der Waals surface area contributed by atoms with Gasteiger partial charge < -0.3 is 15.3 Å². The maximum Gasteiger partial charge on any atom is 0.506 e. The van der Waals surface area contributed by atoms with Crippen LogP contribution < -0.4 is 0 Å². The summed E-state index contributed by atoms with van der Waals surface area (Å²) in [5.74, 6) is 0. The minimum atomic E-state index is -1.26. The molecule has 4 nitrogen and oxygen atoms in total. The Bertz CT molecular complexity index is 78.1. The number of rotatable bonds is 2. The summed E-state index contributed by atoms with van der Waals surface area (Å²) in [6, 6.07) is 0. The molecular formula is C4H8O4. The Morgan fingerprint density at radius 3 is 2.50 bits per heavy atom. The van der Waals surface area contributed by atoms with Gasteiger partial charge in [0.05, 0.1) is 0 Å². The van der Waals surface area contributed by atoms with Crippen LogP contribution in [0.15, 0.2) is 12.7 Å². The molecule has 0 aliphatic rings. The van der Waals surface area contributed by atoms with Crippen LogP contribution in [0.4, 0.5) is 4.79 Å². The summed E-state index contributed by atoms with van der Waals surface area (Å²) in [5, 5.41) is 7.77. The fourth-order valence-corrected chi connectivity index (χ4v) is 0.130. The van der Waals surface area contributed by atoms with Gasteiger partial charge in [-0.25, -0.2) is 4.79 Å². The second-order valence-electron chi connectivity index (χ2n) is 0.866. The maximum atomic E-state index is 9.49. The van der Waals surface area contributed by atoms with Crippen molar-refractivity contribution >= 4 is 6.16 Å². The second kappa shape index (κ2) is 5.97. The van der Waals surface area contributed by atoms with E-state index in [0.29, 0.717) is 0 Å². The average molecular weight is 120 g/mol. The minimum Gasteiger partial charge on any atom is -0.450 e. The molecule has 0 aromatic heterocycles. The first kappa shape index (κ1) is 10.1. The predicted molar refractivity (Wildman–Crippen MR) is 27.8 cm³/mol. The van der Waals surface area contributed by atoms with E-state index in [1.165, 1.54) is 6.08 Å². The SMILES string of the molecule is C=CCOC(=O)O.O. The van der Waals surface area contributed by atoms with Gasteiger partial charge in [-0.1, -0.05) is 12.7 Å². The van der Waals surface area contributed by atoms with Gasteiger partial charge in [0.15, 0.2) is 0 Å². The number of carboxylic acid groups (broad SMARTS) is 1. The topological polar surface area (TPSA) is 78.0 Å². The van der Waals surface area contributed by atoms with Crippen LogP contribution in [0.25, 0.3) is 0 Å². The van der Waals surface area contributed by atoms with Crippen LogP contribution in [-0.2, 0) is 4.74 Å². The van der Waals surface area contributed by atoms with Crippen molar-refractivity contribution in [1.82, 2.24) is 0 Å². The van der Waals surface area contributed by atoms with E-state index >= 15 is 0 Å². The molecule has 0 aliphatic carbocycles. The molecule has 0 aromatic rings. The molecule has 0 rings (SSSR count). The Morgan fingerprint density at radius 2 is 2.38 bits per heavy atom. The number of hydrogen-bond acceptors (Lipinski definition) is 2. The van der Waals surface area contributed by atoms with Gasteiger partial charge in [-0.05, 0) is 0 Å². The lowest BCUT2D eigenvalue weighted by Gasteiger charge is -1.88. The number of ether oxygens (including phenoxy) is 1. The van der Waals surface area contributed by atoms with Crippen molar-refractivity contribution in [1.29, 1.82) is 0 Å². The van der Waals surface area contributed by atoms with Crippen molar-refractivity contribution in [3.05, 3.63) is 12.7 Å². The highest BCUT2D eigenvalue weighted by atomic mass is 16.7. The van der Waals surface area contributed by atoms with Gasteiger partial charge in [0.2, 0.25) is 0 Å². The molecule has 0 aromatic carbocycles. The van der Waals surface area contributed by atoms with E-state index in [4.69, 9.17) is 5.11 Å². The highest BCUT2D eigenvalue weighted by Crippen LogP contribution is 1.73. The van der Waals surface area contributed by atoms with E-state index in [-0.39, 0.29) is 12.1 Å². The Balaban J connectivity index is 0. The summed E-state index contributed by atoms with van der Waals surface area (Å²) in [7, 11) is 0. The molecule has 0 unspecified atom stereocenters. The van der Waals surface area contributed by atoms with Crippen LogP contribution in [0.2, 0.25) is 0 Å². The molecule has 0 heterocycles. The van der Waals surface area contributed by atoms with Gasteiger partial charge in [-0.2, -0.15) is 0 Å². The Morgan fingerprint density at radius 1 is 1.88 bits per heavy atom. The lowest BCUT2D eigenvalue weighted by Crippen LogP contribution is -1.98. The summed E-state index contributed by atoms with van der Waals surface area (Å²) in [6.45, 7) is 3.31. The largest absolute Gasteiger partial charge is 0.506 e. The van der Waals surface area contributed by atoms with E-state index in [1.54, 1.807) is 0 Å². The summed E-state index contributed by atoms with van der Waals surface area (Å²) in [6.07, 6.45) is 0.105. The molecule has 3 N–H and O–H groups in total. The van der Waals surface area contributed by atoms with Gasteiger partial charge in [0.1, 0.15) is 6.61 Å². The van der Waals surface area contributed by atoms with Gasteiger partial charge in [-0.15, -0.1) is 0 Å². The van der Waals surface area contributed by atoms with Crippen LogP contribution >= 0.6 is 0 Å². The van der Waals surface area contributed by atoms with Crippen LogP contribution in [0, 0.1) is 0 Å². The third-order valence-electron chi connectivity index (χ3n) is 0.325. The van der Waals surface area contributed by atoms with Crippen molar-refractivity contribution in [2.24, 2.45) is 0 Å². The molecule has 0 aliphatic heterocycles. The lowest BCUT2D eigenvalue weighted by molar-refractivity contribution is 0.102. The molecule has 0 saturated carbocycles. The van der Waals surface area contributed by atoms with E-state index in [1.807, 2.05) is 0 Å². The molecule has 8 heavy (non-hydrogen) atoms. The van der Waals surface area contributed by atoms with E-state index in [2.05, 4.69) is 11.3 Å². The van der Waals surface area contributed by atoms with E-state index < -0.39 is 6.16 Å². The third kappa shape index (κ3) is 8.88. The highest BCUT2D eigenvalue weighted by Gasteiger charge is 1.87. The predicted octanol–water partition coefficient (Wildman–Crippen LogP) is 0.0423. The molecule has 0 amide bonds. The molecule has 0 fully saturated rings. The maximum absolute atomic E-state index is 9.49. The van der Waals surface area contributed by atoms with E-state index in [9.17, 15) is 4.79 Å². The second-order valence-corrected chi connectivity index (χ2v) is 0.866. The molecule has 48 valence electrons. The smallest absolute Gasteiger partial charge is 0.450 e. The number of hydrogen-bond donors (Lipinski definition) is 1. The summed E-state index contributed by atoms with van der Waals surface area (Å²) < 4.78 is 3.99. The van der Waals surface area contributed by atoms with Gasteiger partial charge in [0, 0.05) is 0 Å². The Hall–Kier alpha value is -1.03. The molecule has 4 heteroatoms. The first-order valence-electron chi connectivity index (χ1n) is 1.74. The molecular weight excluding hydrogens is 112 g/mol. The normalized spacial score (nSPS) is 6.50. The lowest BCUT2D eigenvalue weighted by atomic mass is 10.7.